The van der Waals surface area contributed by atoms with E-state index in [2.05, 4.69) is 6.92 Å². The Morgan fingerprint density at radius 2 is 1.77 bits per heavy atom. The van der Waals surface area contributed by atoms with E-state index < -0.39 is 5.97 Å². The molecule has 2 nitrogen and oxygen atoms in total. The van der Waals surface area contributed by atoms with Crippen molar-refractivity contribution in [3.8, 4) is 0 Å². The summed E-state index contributed by atoms with van der Waals surface area (Å²) in [7, 11) is 0. The number of carboxylic acid groups (broad SMARTS) is 1. The van der Waals surface area contributed by atoms with Crippen molar-refractivity contribution in [1.82, 2.24) is 0 Å². The minimum atomic E-state index is -0.853. The van der Waals surface area contributed by atoms with Gasteiger partial charge in [-0.05, 0) is 49.1 Å². The van der Waals surface area contributed by atoms with Crippen molar-refractivity contribution in [2.24, 2.45) is 0 Å². The smallest absolute Gasteiger partial charge is 0.335 e. The summed E-state index contributed by atoms with van der Waals surface area (Å²) < 4.78 is 0. The molecular formula is C11H14O2. The Labute approximate surface area is 78.2 Å². The number of hydrogen-bond donors (Lipinski definition) is 1. The molecule has 0 aliphatic heterocycles. The number of benzene rings is 1. The van der Waals surface area contributed by atoms with Crippen molar-refractivity contribution >= 4 is 5.97 Å². The lowest BCUT2D eigenvalue weighted by Gasteiger charge is -2.08. The molecule has 0 amide bonds. The zero-order valence-electron chi connectivity index (χ0n) is 8.22. The Bertz CT molecular complexity index is 317. The fourth-order valence-corrected chi connectivity index (χ4v) is 1.67. The molecule has 0 spiro atoms. The average Bonchev–Trinajstić information content (AvgIpc) is 2.03. The minimum absolute atomic E-state index is 0.382. The SMILES string of the molecule is CCc1c(C)cc(C(=O)O)cc1C. The van der Waals surface area contributed by atoms with Crippen LogP contribution >= 0.6 is 0 Å². The Morgan fingerprint density at radius 1 is 1.31 bits per heavy atom. The van der Waals surface area contributed by atoms with Crippen molar-refractivity contribution in [1.29, 1.82) is 0 Å². The van der Waals surface area contributed by atoms with E-state index >= 15 is 0 Å². The summed E-state index contributed by atoms with van der Waals surface area (Å²) in [5.74, 6) is -0.853. The lowest BCUT2D eigenvalue weighted by atomic mass is 9.98. The number of carbonyl (C=O) groups is 1. The van der Waals surface area contributed by atoms with E-state index in [0.717, 1.165) is 17.5 Å². The van der Waals surface area contributed by atoms with Crippen molar-refractivity contribution in [2.75, 3.05) is 0 Å². The largest absolute Gasteiger partial charge is 0.478 e. The molecule has 0 atom stereocenters. The van der Waals surface area contributed by atoms with Crippen LogP contribution in [0.3, 0.4) is 0 Å². The Morgan fingerprint density at radius 3 is 2.08 bits per heavy atom. The predicted molar refractivity (Wildman–Crippen MR) is 52.3 cm³/mol. The summed E-state index contributed by atoms with van der Waals surface area (Å²) in [5, 5.41) is 8.80. The van der Waals surface area contributed by atoms with E-state index in [4.69, 9.17) is 5.11 Å². The van der Waals surface area contributed by atoms with Crippen molar-refractivity contribution in [3.05, 3.63) is 34.4 Å². The monoisotopic (exact) mass is 178 g/mol. The van der Waals surface area contributed by atoms with E-state index in [1.165, 1.54) is 5.56 Å². The third-order valence-corrected chi connectivity index (χ3v) is 2.30. The van der Waals surface area contributed by atoms with Crippen LogP contribution in [-0.2, 0) is 6.42 Å². The molecule has 0 saturated carbocycles. The first-order valence-corrected chi connectivity index (χ1v) is 4.39. The van der Waals surface area contributed by atoms with E-state index in [0.29, 0.717) is 5.56 Å². The van der Waals surface area contributed by atoms with Crippen LogP contribution in [0.2, 0.25) is 0 Å². The Balaban J connectivity index is 3.28. The second-order valence-electron chi connectivity index (χ2n) is 3.25. The standard InChI is InChI=1S/C11H14O2/c1-4-10-7(2)5-9(11(12)13)6-8(10)3/h5-6H,4H2,1-3H3,(H,12,13). The molecule has 0 unspecified atom stereocenters. The lowest BCUT2D eigenvalue weighted by molar-refractivity contribution is 0.0696. The number of carboxylic acids is 1. The van der Waals surface area contributed by atoms with Crippen LogP contribution < -0.4 is 0 Å². The summed E-state index contributed by atoms with van der Waals surface area (Å²) in [5.41, 5.74) is 3.78. The first-order valence-electron chi connectivity index (χ1n) is 4.39. The molecule has 0 heterocycles. The molecule has 0 aromatic heterocycles. The van der Waals surface area contributed by atoms with Gasteiger partial charge in [0, 0.05) is 0 Å². The number of aryl methyl sites for hydroxylation is 2. The lowest BCUT2D eigenvalue weighted by Crippen LogP contribution is -2.00. The molecule has 1 rings (SSSR count). The summed E-state index contributed by atoms with van der Waals surface area (Å²) in [4.78, 5) is 10.7. The van der Waals surface area contributed by atoms with Crippen LogP contribution in [-0.4, -0.2) is 11.1 Å². The van der Waals surface area contributed by atoms with Crippen molar-refractivity contribution in [2.45, 2.75) is 27.2 Å². The number of hydrogen-bond acceptors (Lipinski definition) is 1. The molecular weight excluding hydrogens is 164 g/mol. The Kier molecular flexibility index (Phi) is 2.71. The second kappa shape index (κ2) is 3.60. The van der Waals surface area contributed by atoms with Gasteiger partial charge < -0.3 is 5.11 Å². The molecule has 1 aromatic carbocycles. The second-order valence-corrected chi connectivity index (χ2v) is 3.25. The van der Waals surface area contributed by atoms with Crippen molar-refractivity contribution in [3.63, 3.8) is 0 Å². The first-order chi connectivity index (χ1) is 6.06. The van der Waals surface area contributed by atoms with Crippen LogP contribution in [0.15, 0.2) is 12.1 Å². The van der Waals surface area contributed by atoms with E-state index in [-0.39, 0.29) is 0 Å². The topological polar surface area (TPSA) is 37.3 Å². The maximum absolute atomic E-state index is 10.7. The van der Waals surface area contributed by atoms with Gasteiger partial charge in [-0.3, -0.25) is 0 Å². The van der Waals surface area contributed by atoms with Gasteiger partial charge in [-0.2, -0.15) is 0 Å². The van der Waals surface area contributed by atoms with E-state index in [1.807, 2.05) is 13.8 Å². The van der Waals surface area contributed by atoms with Gasteiger partial charge >= 0.3 is 5.97 Å². The van der Waals surface area contributed by atoms with Crippen LogP contribution in [0.4, 0.5) is 0 Å². The molecule has 1 N–H and O–H groups in total. The number of aromatic carboxylic acids is 1. The first kappa shape index (κ1) is 9.78. The highest BCUT2D eigenvalue weighted by atomic mass is 16.4. The van der Waals surface area contributed by atoms with Gasteiger partial charge in [0.25, 0.3) is 0 Å². The highest BCUT2D eigenvalue weighted by Crippen LogP contribution is 2.17. The van der Waals surface area contributed by atoms with E-state index in [1.54, 1.807) is 12.1 Å². The molecule has 0 aliphatic carbocycles. The molecule has 70 valence electrons. The van der Waals surface area contributed by atoms with Crippen LogP contribution in [0.25, 0.3) is 0 Å². The van der Waals surface area contributed by atoms with Gasteiger partial charge in [-0.1, -0.05) is 6.92 Å². The Hall–Kier alpha value is -1.31. The quantitative estimate of drug-likeness (QED) is 0.755. The highest BCUT2D eigenvalue weighted by molar-refractivity contribution is 5.88. The molecule has 13 heavy (non-hydrogen) atoms. The molecule has 0 aliphatic rings. The zero-order valence-corrected chi connectivity index (χ0v) is 8.22. The third-order valence-electron chi connectivity index (χ3n) is 2.30. The number of rotatable bonds is 2. The van der Waals surface area contributed by atoms with Crippen LogP contribution in [0.1, 0.15) is 34.0 Å². The molecule has 0 saturated heterocycles. The fourth-order valence-electron chi connectivity index (χ4n) is 1.67. The molecule has 1 aromatic rings. The van der Waals surface area contributed by atoms with Gasteiger partial charge in [0.1, 0.15) is 0 Å². The van der Waals surface area contributed by atoms with Crippen LogP contribution in [0, 0.1) is 13.8 Å². The fraction of sp³-hybridized carbons (Fsp3) is 0.364. The summed E-state index contributed by atoms with van der Waals surface area (Å²) >= 11 is 0. The highest BCUT2D eigenvalue weighted by Gasteiger charge is 2.07. The molecule has 0 fully saturated rings. The maximum atomic E-state index is 10.7. The van der Waals surface area contributed by atoms with Gasteiger partial charge in [0.05, 0.1) is 5.56 Å². The summed E-state index contributed by atoms with van der Waals surface area (Å²) in [6.45, 7) is 5.99. The molecule has 2 heteroatoms. The average molecular weight is 178 g/mol. The zero-order chi connectivity index (χ0) is 10.0. The predicted octanol–water partition coefficient (Wildman–Crippen LogP) is 2.56. The van der Waals surface area contributed by atoms with Gasteiger partial charge in [-0.15, -0.1) is 0 Å². The molecule has 0 bridgehead atoms. The van der Waals surface area contributed by atoms with Gasteiger partial charge in [-0.25, -0.2) is 4.79 Å². The summed E-state index contributed by atoms with van der Waals surface area (Å²) in [6, 6.07) is 3.46. The van der Waals surface area contributed by atoms with Gasteiger partial charge in [0.15, 0.2) is 0 Å². The maximum Gasteiger partial charge on any atom is 0.335 e. The van der Waals surface area contributed by atoms with Crippen molar-refractivity contribution < 1.29 is 9.90 Å². The van der Waals surface area contributed by atoms with E-state index in [9.17, 15) is 4.79 Å². The molecule has 0 radical (unpaired) electrons. The minimum Gasteiger partial charge on any atom is -0.478 e. The van der Waals surface area contributed by atoms with Gasteiger partial charge in [0.2, 0.25) is 0 Å². The normalized spacial score (nSPS) is 10.1. The summed E-state index contributed by atoms with van der Waals surface area (Å²) in [6.07, 6.45) is 0.956. The van der Waals surface area contributed by atoms with Crippen LogP contribution in [0.5, 0.6) is 0 Å². The third kappa shape index (κ3) is 1.89.